The first kappa shape index (κ1) is 12.7. The minimum atomic E-state index is 0.545. The third kappa shape index (κ3) is 2.59. The van der Waals surface area contributed by atoms with Crippen molar-refractivity contribution in [3.8, 4) is 11.5 Å². The molecule has 0 aliphatic carbocycles. The Bertz CT molecular complexity index is 662. The molecule has 0 saturated carbocycles. The molecule has 2 nitrogen and oxygen atoms in total. The summed E-state index contributed by atoms with van der Waals surface area (Å²) in [5.74, 6) is 1.85. The van der Waals surface area contributed by atoms with Gasteiger partial charge in [-0.3, -0.25) is 0 Å². The highest BCUT2D eigenvalue weighted by atomic mass is 16.5. The fourth-order valence-electron chi connectivity index (χ4n) is 3.36. The number of fused-ring (bicyclic) bond motifs is 2. The molecule has 2 unspecified atom stereocenters. The molecule has 2 aromatic carbocycles. The quantitative estimate of drug-likeness (QED) is 0.898. The largest absolute Gasteiger partial charge is 0.457 e. The second kappa shape index (κ2) is 5.38. The Morgan fingerprint density at radius 3 is 2.57 bits per heavy atom. The third-order valence-electron chi connectivity index (χ3n) is 4.35. The van der Waals surface area contributed by atoms with Gasteiger partial charge in [-0.05, 0) is 43.0 Å². The summed E-state index contributed by atoms with van der Waals surface area (Å²) in [5, 5.41) is 3.64. The highest BCUT2D eigenvalue weighted by Crippen LogP contribution is 2.37. The van der Waals surface area contributed by atoms with Crippen molar-refractivity contribution >= 4 is 5.57 Å². The molecule has 2 bridgehead atoms. The van der Waals surface area contributed by atoms with E-state index in [1.807, 2.05) is 36.4 Å². The van der Waals surface area contributed by atoms with Gasteiger partial charge in [0.05, 0.1) is 0 Å². The Morgan fingerprint density at radius 2 is 1.71 bits per heavy atom. The molecule has 2 heteroatoms. The lowest BCUT2D eigenvalue weighted by Gasteiger charge is -2.23. The summed E-state index contributed by atoms with van der Waals surface area (Å²) in [6.07, 6.45) is 6.03. The van der Waals surface area contributed by atoms with Crippen molar-refractivity contribution in [1.82, 2.24) is 5.32 Å². The van der Waals surface area contributed by atoms with Crippen molar-refractivity contribution < 1.29 is 4.74 Å². The fourth-order valence-corrected chi connectivity index (χ4v) is 3.36. The van der Waals surface area contributed by atoms with Crippen molar-refractivity contribution in [3.05, 3.63) is 66.2 Å². The number of rotatable bonds is 3. The van der Waals surface area contributed by atoms with Crippen molar-refractivity contribution in [3.63, 3.8) is 0 Å². The molecule has 0 spiro atoms. The first-order chi connectivity index (χ1) is 10.4. The molecule has 2 atom stereocenters. The topological polar surface area (TPSA) is 21.3 Å². The Labute approximate surface area is 125 Å². The lowest BCUT2D eigenvalue weighted by molar-refractivity contribution is 0.480. The molecule has 0 amide bonds. The summed E-state index contributed by atoms with van der Waals surface area (Å²) >= 11 is 0. The molecule has 2 heterocycles. The average molecular weight is 277 g/mol. The molecule has 2 aliphatic heterocycles. The summed E-state index contributed by atoms with van der Waals surface area (Å²) in [6, 6.07) is 19.6. The van der Waals surface area contributed by atoms with Crippen molar-refractivity contribution in [1.29, 1.82) is 0 Å². The zero-order chi connectivity index (χ0) is 14.1. The minimum Gasteiger partial charge on any atom is -0.457 e. The van der Waals surface area contributed by atoms with E-state index in [1.165, 1.54) is 24.0 Å². The highest BCUT2D eigenvalue weighted by Gasteiger charge is 2.29. The van der Waals surface area contributed by atoms with E-state index >= 15 is 0 Å². The fraction of sp³-hybridized carbons (Fsp3) is 0.263. The standard InChI is InChI=1S/C19H19NO/c1-2-6-17(7-3-1)21-19-9-5-4-8-18(19)14-12-15-10-11-16(13-14)20-15/h1-9,12,15-16,20H,10-11,13H2. The molecule has 106 valence electrons. The lowest BCUT2D eigenvalue weighted by Crippen LogP contribution is -2.31. The lowest BCUT2D eigenvalue weighted by atomic mass is 9.95. The summed E-state index contributed by atoms with van der Waals surface area (Å²) < 4.78 is 6.09. The van der Waals surface area contributed by atoms with Gasteiger partial charge in [-0.1, -0.05) is 42.5 Å². The summed E-state index contributed by atoms with van der Waals surface area (Å²) in [6.45, 7) is 0. The molecule has 2 aromatic rings. The number of hydrogen-bond donors (Lipinski definition) is 1. The van der Waals surface area contributed by atoms with Gasteiger partial charge in [0, 0.05) is 17.6 Å². The summed E-state index contributed by atoms with van der Waals surface area (Å²) in [4.78, 5) is 0. The van der Waals surface area contributed by atoms with Gasteiger partial charge in [-0.15, -0.1) is 0 Å². The van der Waals surface area contributed by atoms with E-state index in [0.29, 0.717) is 12.1 Å². The Balaban J connectivity index is 1.67. The molecule has 0 radical (unpaired) electrons. The van der Waals surface area contributed by atoms with Crippen molar-refractivity contribution in [2.75, 3.05) is 0 Å². The van der Waals surface area contributed by atoms with Crippen LogP contribution < -0.4 is 10.1 Å². The Kier molecular flexibility index (Phi) is 3.24. The van der Waals surface area contributed by atoms with E-state index < -0.39 is 0 Å². The van der Waals surface area contributed by atoms with Gasteiger partial charge in [-0.25, -0.2) is 0 Å². The summed E-state index contributed by atoms with van der Waals surface area (Å²) in [5.41, 5.74) is 2.66. The first-order valence-electron chi connectivity index (χ1n) is 7.67. The molecule has 0 aromatic heterocycles. The number of benzene rings is 2. The molecule has 21 heavy (non-hydrogen) atoms. The highest BCUT2D eigenvalue weighted by molar-refractivity contribution is 5.72. The van der Waals surface area contributed by atoms with Crippen LogP contribution in [0.2, 0.25) is 0 Å². The van der Waals surface area contributed by atoms with Crippen molar-refractivity contribution in [2.24, 2.45) is 0 Å². The predicted octanol–water partition coefficient (Wildman–Crippen LogP) is 4.39. The third-order valence-corrected chi connectivity index (χ3v) is 4.35. The minimum absolute atomic E-state index is 0.545. The Hall–Kier alpha value is -2.06. The second-order valence-electron chi connectivity index (χ2n) is 5.85. The van der Waals surface area contributed by atoms with E-state index in [-0.39, 0.29) is 0 Å². The predicted molar refractivity (Wildman–Crippen MR) is 85.5 cm³/mol. The number of para-hydroxylation sites is 2. The van der Waals surface area contributed by atoms with Crippen LogP contribution in [-0.4, -0.2) is 12.1 Å². The zero-order valence-electron chi connectivity index (χ0n) is 12.0. The first-order valence-corrected chi connectivity index (χ1v) is 7.67. The van der Waals surface area contributed by atoms with Crippen LogP contribution in [0.3, 0.4) is 0 Å². The number of ether oxygens (including phenoxy) is 1. The SMILES string of the molecule is C1=C(c2ccccc2Oc2ccccc2)CC2CCC1N2. The van der Waals surface area contributed by atoms with Crippen LogP contribution in [-0.2, 0) is 0 Å². The van der Waals surface area contributed by atoms with Gasteiger partial charge in [0.25, 0.3) is 0 Å². The molecule has 1 saturated heterocycles. The number of hydrogen-bond acceptors (Lipinski definition) is 2. The van der Waals surface area contributed by atoms with E-state index in [9.17, 15) is 0 Å². The van der Waals surface area contributed by atoms with Gasteiger partial charge in [0.15, 0.2) is 0 Å². The maximum Gasteiger partial charge on any atom is 0.134 e. The van der Waals surface area contributed by atoms with Crippen LogP contribution in [0.1, 0.15) is 24.8 Å². The van der Waals surface area contributed by atoms with Crippen LogP contribution in [0.25, 0.3) is 5.57 Å². The maximum absolute atomic E-state index is 6.09. The van der Waals surface area contributed by atoms with Crippen LogP contribution in [0.15, 0.2) is 60.7 Å². The Morgan fingerprint density at radius 1 is 0.905 bits per heavy atom. The molecular weight excluding hydrogens is 258 g/mol. The molecule has 4 rings (SSSR count). The zero-order valence-corrected chi connectivity index (χ0v) is 12.0. The monoisotopic (exact) mass is 277 g/mol. The van der Waals surface area contributed by atoms with Gasteiger partial charge in [0.2, 0.25) is 0 Å². The summed E-state index contributed by atoms with van der Waals surface area (Å²) in [7, 11) is 0. The second-order valence-corrected chi connectivity index (χ2v) is 5.85. The van der Waals surface area contributed by atoms with Crippen LogP contribution >= 0.6 is 0 Å². The van der Waals surface area contributed by atoms with E-state index in [1.54, 1.807) is 0 Å². The van der Waals surface area contributed by atoms with Crippen LogP contribution in [0.5, 0.6) is 11.5 Å². The van der Waals surface area contributed by atoms with Gasteiger partial charge in [0.1, 0.15) is 11.5 Å². The van der Waals surface area contributed by atoms with Gasteiger partial charge >= 0.3 is 0 Å². The van der Waals surface area contributed by atoms with Crippen LogP contribution in [0, 0.1) is 0 Å². The van der Waals surface area contributed by atoms with Gasteiger partial charge in [-0.2, -0.15) is 0 Å². The van der Waals surface area contributed by atoms with Crippen molar-refractivity contribution in [2.45, 2.75) is 31.3 Å². The smallest absolute Gasteiger partial charge is 0.134 e. The molecular formula is C19H19NO. The molecule has 1 N–H and O–H groups in total. The average Bonchev–Trinajstić information content (AvgIpc) is 2.87. The van der Waals surface area contributed by atoms with E-state index in [2.05, 4.69) is 29.6 Å². The van der Waals surface area contributed by atoms with E-state index in [0.717, 1.165) is 17.9 Å². The van der Waals surface area contributed by atoms with E-state index in [4.69, 9.17) is 4.74 Å². The maximum atomic E-state index is 6.09. The number of nitrogens with one attached hydrogen (secondary N) is 1. The molecule has 1 fully saturated rings. The normalized spacial score (nSPS) is 23.7. The van der Waals surface area contributed by atoms with Gasteiger partial charge < -0.3 is 10.1 Å². The van der Waals surface area contributed by atoms with Crippen LogP contribution in [0.4, 0.5) is 0 Å². The molecule has 2 aliphatic rings.